The van der Waals surface area contributed by atoms with Crippen LogP contribution in [-0.4, -0.2) is 11.7 Å². The zero-order valence-corrected chi connectivity index (χ0v) is 16.3. The quantitative estimate of drug-likeness (QED) is 0.408. The molecule has 0 radical (unpaired) electrons. The molecule has 0 N–H and O–H groups in total. The number of fused-ring (bicyclic) bond motifs is 1. The lowest BCUT2D eigenvalue weighted by Gasteiger charge is -2.07. The number of nitriles is 1. The molecule has 1 aromatic heterocycles. The van der Waals surface area contributed by atoms with Gasteiger partial charge in [0.1, 0.15) is 23.5 Å². The normalized spacial score (nSPS) is 10.8. The largest absolute Gasteiger partial charge is 0.497 e. The average Bonchev–Trinajstić information content (AvgIpc) is 3.04. The van der Waals surface area contributed by atoms with E-state index in [0.717, 1.165) is 26.8 Å². The van der Waals surface area contributed by atoms with Crippen LogP contribution in [0.4, 0.5) is 8.78 Å². The summed E-state index contributed by atoms with van der Waals surface area (Å²) in [7, 11) is 1.59. The summed E-state index contributed by atoms with van der Waals surface area (Å²) in [5.41, 5.74) is 2.00. The summed E-state index contributed by atoms with van der Waals surface area (Å²) in [4.78, 5) is 1.80. The monoisotopic (exact) mass is 406 g/mol. The molecule has 0 amide bonds. The summed E-state index contributed by atoms with van der Waals surface area (Å²) < 4.78 is 34.6. The summed E-state index contributed by atoms with van der Waals surface area (Å²) >= 11 is 1.49. The molecule has 0 aliphatic rings. The van der Waals surface area contributed by atoms with Gasteiger partial charge < -0.3 is 9.30 Å². The van der Waals surface area contributed by atoms with Crippen LogP contribution in [0.15, 0.2) is 76.7 Å². The fourth-order valence-corrected chi connectivity index (χ4v) is 4.31. The van der Waals surface area contributed by atoms with Gasteiger partial charge in [-0.2, -0.15) is 5.26 Å². The van der Waals surface area contributed by atoms with E-state index >= 15 is 0 Å². The maximum Gasteiger partial charge on any atom is 0.126 e. The van der Waals surface area contributed by atoms with Crippen LogP contribution in [0.5, 0.6) is 5.75 Å². The van der Waals surface area contributed by atoms with Crippen LogP contribution >= 0.6 is 11.8 Å². The average molecular weight is 406 g/mol. The minimum atomic E-state index is -0.605. The molecule has 0 saturated carbocycles. The highest BCUT2D eigenvalue weighted by molar-refractivity contribution is 7.99. The van der Waals surface area contributed by atoms with E-state index in [4.69, 9.17) is 4.74 Å². The third-order valence-electron chi connectivity index (χ3n) is 4.56. The van der Waals surface area contributed by atoms with E-state index in [0.29, 0.717) is 23.4 Å². The first-order chi connectivity index (χ1) is 14.1. The smallest absolute Gasteiger partial charge is 0.126 e. The van der Waals surface area contributed by atoms with Crippen molar-refractivity contribution in [3.63, 3.8) is 0 Å². The van der Waals surface area contributed by atoms with Gasteiger partial charge in [0.05, 0.1) is 18.2 Å². The highest BCUT2D eigenvalue weighted by atomic mass is 32.2. The molecule has 1 heterocycles. The number of halogens is 2. The molecule has 3 aromatic carbocycles. The van der Waals surface area contributed by atoms with Crippen molar-refractivity contribution < 1.29 is 13.5 Å². The van der Waals surface area contributed by atoms with Gasteiger partial charge in [0, 0.05) is 40.1 Å². The van der Waals surface area contributed by atoms with Crippen molar-refractivity contribution in [2.24, 2.45) is 0 Å². The first-order valence-corrected chi connectivity index (χ1v) is 9.68. The second-order valence-corrected chi connectivity index (χ2v) is 7.58. The number of rotatable bonds is 5. The van der Waals surface area contributed by atoms with Crippen LogP contribution in [-0.2, 0) is 6.54 Å². The minimum Gasteiger partial charge on any atom is -0.497 e. The van der Waals surface area contributed by atoms with E-state index in [1.807, 2.05) is 47.2 Å². The van der Waals surface area contributed by atoms with Gasteiger partial charge in [-0.3, -0.25) is 0 Å². The molecule has 0 saturated heterocycles. The first kappa shape index (κ1) is 19.0. The van der Waals surface area contributed by atoms with Crippen molar-refractivity contribution in [3.8, 4) is 11.8 Å². The summed E-state index contributed by atoms with van der Waals surface area (Å²) in [6.07, 6.45) is 1.94. The highest BCUT2D eigenvalue weighted by Gasteiger charge is 2.14. The molecule has 4 rings (SSSR count). The van der Waals surface area contributed by atoms with Crippen molar-refractivity contribution in [1.82, 2.24) is 4.57 Å². The second kappa shape index (κ2) is 7.98. The Kier molecular flexibility index (Phi) is 5.24. The van der Waals surface area contributed by atoms with Crippen LogP contribution < -0.4 is 4.74 Å². The fraction of sp³-hybridized carbons (Fsp3) is 0.0870. The first-order valence-electron chi connectivity index (χ1n) is 8.86. The van der Waals surface area contributed by atoms with Gasteiger partial charge in [-0.1, -0.05) is 23.9 Å². The third kappa shape index (κ3) is 3.96. The zero-order valence-electron chi connectivity index (χ0n) is 15.5. The third-order valence-corrected chi connectivity index (χ3v) is 5.68. The maximum atomic E-state index is 13.6. The van der Waals surface area contributed by atoms with Crippen LogP contribution in [0.3, 0.4) is 0 Å². The molecular formula is C23H16F2N2OS. The summed E-state index contributed by atoms with van der Waals surface area (Å²) in [6.45, 7) is 0.304. The Morgan fingerprint density at radius 3 is 2.48 bits per heavy atom. The van der Waals surface area contributed by atoms with Gasteiger partial charge in [0.15, 0.2) is 0 Å². The van der Waals surface area contributed by atoms with Crippen LogP contribution in [0, 0.1) is 23.0 Å². The maximum absolute atomic E-state index is 13.6. The number of hydrogen-bond acceptors (Lipinski definition) is 3. The van der Waals surface area contributed by atoms with Gasteiger partial charge in [-0.15, -0.1) is 0 Å². The van der Waals surface area contributed by atoms with E-state index in [9.17, 15) is 14.0 Å². The molecule has 3 nitrogen and oxygen atoms in total. The lowest BCUT2D eigenvalue weighted by molar-refractivity contribution is 0.415. The molecule has 6 heteroatoms. The molecule has 0 atom stereocenters. The molecule has 0 aliphatic heterocycles. The van der Waals surface area contributed by atoms with Gasteiger partial charge in [-0.05, 0) is 42.0 Å². The Morgan fingerprint density at radius 1 is 1.00 bits per heavy atom. The van der Waals surface area contributed by atoms with Crippen LogP contribution in [0.1, 0.15) is 11.1 Å². The van der Waals surface area contributed by atoms with Gasteiger partial charge >= 0.3 is 0 Å². The van der Waals surface area contributed by atoms with E-state index in [1.165, 1.54) is 23.9 Å². The van der Waals surface area contributed by atoms with Gasteiger partial charge in [0.25, 0.3) is 0 Å². The van der Waals surface area contributed by atoms with Crippen LogP contribution in [0.25, 0.3) is 10.9 Å². The van der Waals surface area contributed by atoms with E-state index in [2.05, 4.69) is 6.07 Å². The van der Waals surface area contributed by atoms with Gasteiger partial charge in [0.2, 0.25) is 0 Å². The van der Waals surface area contributed by atoms with Crippen molar-refractivity contribution in [2.45, 2.75) is 16.3 Å². The fourth-order valence-electron chi connectivity index (χ4n) is 3.24. The highest BCUT2D eigenvalue weighted by Crippen LogP contribution is 2.38. The standard InChI is InChI=1S/C23H16F2N2OS/c1-28-19-6-7-20-21(11-19)27(13-15-8-17(24)10-18(25)9-15)14-23(20)29-22-5-3-2-4-16(22)12-26/h2-11,14H,13H2,1H3. The molecule has 144 valence electrons. The molecule has 0 aliphatic carbocycles. The van der Waals surface area contributed by atoms with E-state index < -0.39 is 11.6 Å². The molecule has 0 fully saturated rings. The Hall–Kier alpha value is -3.30. The predicted molar refractivity (Wildman–Crippen MR) is 109 cm³/mol. The lowest BCUT2D eigenvalue weighted by Crippen LogP contribution is -1.99. The molecule has 29 heavy (non-hydrogen) atoms. The van der Waals surface area contributed by atoms with Crippen molar-refractivity contribution in [1.29, 1.82) is 5.26 Å². The minimum absolute atomic E-state index is 0.304. The molecule has 0 spiro atoms. The Bertz CT molecular complexity index is 1220. The van der Waals surface area contributed by atoms with Gasteiger partial charge in [-0.25, -0.2) is 8.78 Å². The molecular weight excluding hydrogens is 390 g/mol. The topological polar surface area (TPSA) is 37.9 Å². The zero-order chi connectivity index (χ0) is 20.4. The number of methoxy groups -OCH3 is 1. The van der Waals surface area contributed by atoms with Crippen molar-refractivity contribution >= 4 is 22.7 Å². The molecule has 0 unspecified atom stereocenters. The Morgan fingerprint density at radius 2 is 1.76 bits per heavy atom. The van der Waals surface area contributed by atoms with Crippen molar-refractivity contribution in [3.05, 3.63) is 89.6 Å². The number of benzene rings is 3. The second-order valence-electron chi connectivity index (χ2n) is 6.49. The predicted octanol–water partition coefficient (Wildman–Crippen LogP) is 6.00. The summed E-state index contributed by atoms with van der Waals surface area (Å²) in [5.74, 6) is -0.519. The Balaban J connectivity index is 1.80. The number of hydrogen-bond donors (Lipinski definition) is 0. The van der Waals surface area contributed by atoms with Crippen LogP contribution in [0.2, 0.25) is 0 Å². The lowest BCUT2D eigenvalue weighted by atomic mass is 10.2. The summed E-state index contributed by atoms with van der Waals surface area (Å²) in [5, 5.41) is 10.3. The number of aromatic nitrogens is 1. The summed E-state index contributed by atoms with van der Waals surface area (Å²) in [6, 6.07) is 18.8. The Labute approximate surface area is 171 Å². The SMILES string of the molecule is COc1ccc2c(Sc3ccccc3C#N)cn(Cc3cc(F)cc(F)c3)c2c1. The molecule has 0 bridgehead atoms. The van der Waals surface area contributed by atoms with E-state index in [1.54, 1.807) is 13.2 Å². The van der Waals surface area contributed by atoms with Crippen molar-refractivity contribution in [2.75, 3.05) is 7.11 Å². The number of ether oxygens (including phenoxy) is 1. The molecule has 4 aromatic rings. The number of nitrogens with zero attached hydrogens (tertiary/aromatic N) is 2. The van der Waals surface area contributed by atoms with E-state index in [-0.39, 0.29) is 0 Å².